The summed E-state index contributed by atoms with van der Waals surface area (Å²) in [6.45, 7) is 1.97. The maximum Gasteiger partial charge on any atom is 0.255 e. The lowest BCUT2D eigenvalue weighted by molar-refractivity contribution is 0.102. The van der Waals surface area contributed by atoms with Crippen LogP contribution in [0, 0.1) is 6.92 Å². The highest BCUT2D eigenvalue weighted by Gasteiger charge is 2.09. The number of benzene rings is 3. The molecule has 0 bridgehead atoms. The minimum absolute atomic E-state index is 0.132. The number of hydrogen-bond donors (Lipinski definition) is 1. The summed E-state index contributed by atoms with van der Waals surface area (Å²) >= 11 is 0. The van der Waals surface area contributed by atoms with E-state index < -0.39 is 0 Å². The molecule has 0 aliphatic rings. The molecule has 0 aliphatic carbocycles. The van der Waals surface area contributed by atoms with Crippen molar-refractivity contribution in [3.05, 3.63) is 84.2 Å². The lowest BCUT2D eigenvalue weighted by atomic mass is 10.1. The van der Waals surface area contributed by atoms with Gasteiger partial charge < -0.3 is 10.1 Å². The van der Waals surface area contributed by atoms with Gasteiger partial charge in [0.2, 0.25) is 0 Å². The van der Waals surface area contributed by atoms with Crippen LogP contribution in [0.25, 0.3) is 16.7 Å². The van der Waals surface area contributed by atoms with Crippen molar-refractivity contribution < 1.29 is 9.53 Å². The number of hydrogen-bond acceptors (Lipinski definition) is 3. The minimum Gasteiger partial charge on any atom is -0.497 e. The molecule has 1 N–H and O–H groups in total. The van der Waals surface area contributed by atoms with Gasteiger partial charge in [0, 0.05) is 16.9 Å². The van der Waals surface area contributed by atoms with Crippen LogP contribution in [0.3, 0.4) is 0 Å². The summed E-state index contributed by atoms with van der Waals surface area (Å²) in [6.07, 6.45) is 1.78. The summed E-state index contributed by atoms with van der Waals surface area (Å²) in [4.78, 5) is 16.9. The molecule has 5 heteroatoms. The van der Waals surface area contributed by atoms with Gasteiger partial charge in [-0.05, 0) is 61.5 Å². The Morgan fingerprint density at radius 3 is 2.59 bits per heavy atom. The summed E-state index contributed by atoms with van der Waals surface area (Å²) in [7, 11) is 1.65. The number of ether oxygens (including phenoxy) is 1. The zero-order valence-electron chi connectivity index (χ0n) is 15.1. The minimum atomic E-state index is -0.132. The molecule has 0 saturated heterocycles. The predicted molar refractivity (Wildman–Crippen MR) is 107 cm³/mol. The van der Waals surface area contributed by atoms with Crippen LogP contribution in [0.1, 0.15) is 15.9 Å². The fourth-order valence-electron chi connectivity index (χ4n) is 3.03. The first kappa shape index (κ1) is 16.8. The van der Waals surface area contributed by atoms with E-state index in [1.807, 2.05) is 72.2 Å². The Labute approximate surface area is 157 Å². The molecule has 0 spiro atoms. The summed E-state index contributed by atoms with van der Waals surface area (Å²) < 4.78 is 7.21. The number of imidazole rings is 1. The van der Waals surface area contributed by atoms with Gasteiger partial charge in [0.15, 0.2) is 0 Å². The number of nitrogens with zero attached hydrogens (tertiary/aromatic N) is 2. The van der Waals surface area contributed by atoms with Crippen LogP contribution in [0.2, 0.25) is 0 Å². The lowest BCUT2D eigenvalue weighted by Gasteiger charge is -2.08. The molecule has 4 rings (SSSR count). The Balaban J connectivity index is 1.61. The molecule has 1 amide bonds. The van der Waals surface area contributed by atoms with E-state index >= 15 is 0 Å². The van der Waals surface area contributed by atoms with Gasteiger partial charge in [-0.1, -0.05) is 17.7 Å². The lowest BCUT2D eigenvalue weighted by Crippen LogP contribution is -2.11. The fourth-order valence-corrected chi connectivity index (χ4v) is 3.03. The van der Waals surface area contributed by atoms with E-state index in [0.717, 1.165) is 28.0 Å². The van der Waals surface area contributed by atoms with E-state index in [1.165, 1.54) is 0 Å². The molecule has 27 heavy (non-hydrogen) atoms. The number of nitrogens with one attached hydrogen (secondary N) is 1. The molecule has 134 valence electrons. The highest BCUT2D eigenvalue weighted by molar-refractivity contribution is 6.05. The zero-order chi connectivity index (χ0) is 18.8. The van der Waals surface area contributed by atoms with E-state index in [0.29, 0.717) is 11.3 Å². The van der Waals surface area contributed by atoms with Crippen LogP contribution in [0.4, 0.5) is 5.69 Å². The first-order valence-corrected chi connectivity index (χ1v) is 8.63. The van der Waals surface area contributed by atoms with Crippen LogP contribution in [0.5, 0.6) is 5.75 Å². The topological polar surface area (TPSA) is 56.1 Å². The Kier molecular flexibility index (Phi) is 4.34. The van der Waals surface area contributed by atoms with Gasteiger partial charge in [0.25, 0.3) is 5.91 Å². The smallest absolute Gasteiger partial charge is 0.255 e. The Morgan fingerprint density at radius 1 is 1.04 bits per heavy atom. The van der Waals surface area contributed by atoms with Gasteiger partial charge >= 0.3 is 0 Å². The number of fused-ring (bicyclic) bond motifs is 1. The maximum atomic E-state index is 12.4. The highest BCUT2D eigenvalue weighted by atomic mass is 16.5. The molecule has 0 radical (unpaired) electrons. The van der Waals surface area contributed by atoms with Crippen LogP contribution >= 0.6 is 0 Å². The number of aryl methyl sites for hydroxylation is 1. The number of anilines is 1. The summed E-state index contributed by atoms with van der Waals surface area (Å²) in [5, 5.41) is 2.94. The van der Waals surface area contributed by atoms with E-state index in [-0.39, 0.29) is 5.91 Å². The Bertz CT molecular complexity index is 1110. The van der Waals surface area contributed by atoms with Crippen LogP contribution in [-0.2, 0) is 0 Å². The molecule has 0 fully saturated rings. The van der Waals surface area contributed by atoms with Gasteiger partial charge in [-0.2, -0.15) is 0 Å². The standard InChI is InChI=1S/C22H19N3O2/c1-15-4-3-5-16(12-15)22(26)24-17-6-11-21-20(13-17)23-14-25(21)18-7-9-19(27-2)10-8-18/h3-14H,1-2H3,(H,24,26). The molecule has 0 saturated carbocycles. The Hall–Kier alpha value is -3.60. The number of methoxy groups -OCH3 is 1. The highest BCUT2D eigenvalue weighted by Crippen LogP contribution is 2.23. The fraction of sp³-hybridized carbons (Fsp3) is 0.0909. The quantitative estimate of drug-likeness (QED) is 0.581. The third-order valence-corrected chi connectivity index (χ3v) is 4.44. The number of rotatable bonds is 4. The molecule has 1 heterocycles. The van der Waals surface area contributed by atoms with Crippen molar-refractivity contribution in [3.8, 4) is 11.4 Å². The molecule has 0 unspecified atom stereocenters. The predicted octanol–water partition coefficient (Wildman–Crippen LogP) is 4.59. The molecular weight excluding hydrogens is 338 g/mol. The number of carbonyl (C=O) groups is 1. The third kappa shape index (κ3) is 3.40. The summed E-state index contributed by atoms with van der Waals surface area (Å²) in [5.74, 6) is 0.678. The molecule has 0 atom stereocenters. The van der Waals surface area contributed by atoms with Gasteiger partial charge in [-0.25, -0.2) is 4.98 Å². The van der Waals surface area contributed by atoms with Crippen LogP contribution in [0.15, 0.2) is 73.1 Å². The SMILES string of the molecule is COc1ccc(-n2cnc3cc(NC(=O)c4cccc(C)c4)ccc32)cc1. The summed E-state index contributed by atoms with van der Waals surface area (Å²) in [5.41, 5.74) is 5.18. The van der Waals surface area contributed by atoms with Gasteiger partial charge in [0.05, 0.1) is 18.1 Å². The Morgan fingerprint density at radius 2 is 1.85 bits per heavy atom. The van der Waals surface area contributed by atoms with Crippen molar-refractivity contribution in [1.29, 1.82) is 0 Å². The average molecular weight is 357 g/mol. The largest absolute Gasteiger partial charge is 0.497 e. The van der Waals surface area contributed by atoms with Gasteiger partial charge in [-0.3, -0.25) is 9.36 Å². The molecule has 5 nitrogen and oxygen atoms in total. The maximum absolute atomic E-state index is 12.4. The average Bonchev–Trinajstić information content (AvgIpc) is 3.11. The normalized spacial score (nSPS) is 10.7. The van der Waals surface area contributed by atoms with Gasteiger partial charge in [0.1, 0.15) is 12.1 Å². The van der Waals surface area contributed by atoms with Crippen molar-refractivity contribution in [1.82, 2.24) is 9.55 Å². The van der Waals surface area contributed by atoms with Crippen molar-refractivity contribution >= 4 is 22.6 Å². The van der Waals surface area contributed by atoms with E-state index in [9.17, 15) is 4.79 Å². The molecule has 4 aromatic rings. The monoisotopic (exact) mass is 357 g/mol. The van der Waals surface area contributed by atoms with Gasteiger partial charge in [-0.15, -0.1) is 0 Å². The molecule has 1 aromatic heterocycles. The first-order valence-electron chi connectivity index (χ1n) is 8.63. The molecule has 0 aliphatic heterocycles. The second-order valence-electron chi connectivity index (χ2n) is 6.34. The number of carbonyl (C=O) groups excluding carboxylic acids is 1. The number of aromatic nitrogens is 2. The van der Waals surface area contributed by atoms with Crippen LogP contribution < -0.4 is 10.1 Å². The van der Waals surface area contributed by atoms with Crippen molar-refractivity contribution in [2.45, 2.75) is 6.92 Å². The second kappa shape index (κ2) is 6.96. The first-order chi connectivity index (χ1) is 13.1. The van der Waals surface area contributed by atoms with E-state index in [2.05, 4.69) is 10.3 Å². The molecular formula is C22H19N3O2. The number of amides is 1. The van der Waals surface area contributed by atoms with Crippen molar-refractivity contribution in [3.63, 3.8) is 0 Å². The molecule has 3 aromatic carbocycles. The van der Waals surface area contributed by atoms with Crippen LogP contribution in [-0.4, -0.2) is 22.6 Å². The zero-order valence-corrected chi connectivity index (χ0v) is 15.1. The van der Waals surface area contributed by atoms with Crippen molar-refractivity contribution in [2.24, 2.45) is 0 Å². The summed E-state index contributed by atoms with van der Waals surface area (Å²) in [6, 6.07) is 21.0. The van der Waals surface area contributed by atoms with E-state index in [1.54, 1.807) is 19.5 Å². The second-order valence-corrected chi connectivity index (χ2v) is 6.34. The van der Waals surface area contributed by atoms with E-state index in [4.69, 9.17) is 4.74 Å². The third-order valence-electron chi connectivity index (χ3n) is 4.44. The van der Waals surface area contributed by atoms with Crippen molar-refractivity contribution in [2.75, 3.05) is 12.4 Å².